The number of benzene rings is 2. The molecule has 1 amide bonds. The van der Waals surface area contributed by atoms with Gasteiger partial charge in [-0.2, -0.15) is 0 Å². The summed E-state index contributed by atoms with van der Waals surface area (Å²) in [5.41, 5.74) is 5.89. The number of carbonyl (C=O) groups excluding carboxylic acids is 1. The third-order valence-corrected chi connectivity index (χ3v) is 5.59. The zero-order valence-corrected chi connectivity index (χ0v) is 15.8. The highest BCUT2D eigenvalue weighted by molar-refractivity contribution is 9.10. The molecule has 3 aromatic rings. The number of carbonyl (C=O) groups is 1. The van der Waals surface area contributed by atoms with E-state index in [1.807, 2.05) is 24.3 Å². The fourth-order valence-corrected chi connectivity index (χ4v) is 3.90. The number of amides is 1. The summed E-state index contributed by atoms with van der Waals surface area (Å²) in [5, 5.41) is 4.33. The van der Waals surface area contributed by atoms with Crippen LogP contribution >= 0.6 is 15.9 Å². The topological polar surface area (TPSA) is 44.9 Å². The summed E-state index contributed by atoms with van der Waals surface area (Å²) in [6.07, 6.45) is 3.54. The van der Waals surface area contributed by atoms with Gasteiger partial charge in [-0.1, -0.05) is 28.9 Å². The van der Waals surface area contributed by atoms with Gasteiger partial charge < -0.3 is 10.3 Å². The summed E-state index contributed by atoms with van der Waals surface area (Å²) in [7, 11) is 0. The van der Waals surface area contributed by atoms with E-state index < -0.39 is 0 Å². The molecule has 1 aliphatic rings. The number of H-pyrrole nitrogens is 1. The van der Waals surface area contributed by atoms with Gasteiger partial charge in [0.15, 0.2) is 0 Å². The largest absolute Gasteiger partial charge is 0.358 e. The minimum Gasteiger partial charge on any atom is -0.358 e. The fourth-order valence-electron chi connectivity index (χ4n) is 3.63. The predicted octanol–water partition coefficient (Wildman–Crippen LogP) is 4.99. The molecule has 25 heavy (non-hydrogen) atoms. The molecule has 0 saturated carbocycles. The molecular weight excluding hydrogens is 376 g/mol. The number of aryl methyl sites for hydroxylation is 1. The molecule has 128 valence electrons. The molecule has 1 heterocycles. The lowest BCUT2D eigenvalue weighted by Gasteiger charge is -2.18. The molecular formula is C21H21BrN2O. The molecule has 0 saturated heterocycles. The molecule has 1 unspecified atom stereocenters. The van der Waals surface area contributed by atoms with Crippen molar-refractivity contribution in [1.29, 1.82) is 0 Å². The van der Waals surface area contributed by atoms with Crippen LogP contribution in [0.1, 0.15) is 40.5 Å². The monoisotopic (exact) mass is 396 g/mol. The van der Waals surface area contributed by atoms with Gasteiger partial charge in [-0.05, 0) is 72.7 Å². The number of fused-ring (bicyclic) bond motifs is 3. The van der Waals surface area contributed by atoms with E-state index >= 15 is 0 Å². The van der Waals surface area contributed by atoms with Crippen molar-refractivity contribution in [2.75, 3.05) is 0 Å². The highest BCUT2D eigenvalue weighted by atomic mass is 79.9. The van der Waals surface area contributed by atoms with E-state index in [9.17, 15) is 4.79 Å². The molecule has 0 spiro atoms. The molecule has 0 aliphatic heterocycles. The van der Waals surface area contributed by atoms with E-state index in [-0.39, 0.29) is 5.91 Å². The number of nitrogens with one attached hydrogen (secondary N) is 2. The molecule has 0 bridgehead atoms. The first-order valence-corrected chi connectivity index (χ1v) is 9.55. The second kappa shape index (κ2) is 6.68. The molecule has 2 N–H and O–H groups in total. The second-order valence-corrected chi connectivity index (χ2v) is 7.92. The van der Waals surface area contributed by atoms with Crippen LogP contribution in [-0.4, -0.2) is 10.9 Å². The Balaban J connectivity index is 1.53. The van der Waals surface area contributed by atoms with E-state index in [0.29, 0.717) is 12.1 Å². The van der Waals surface area contributed by atoms with Gasteiger partial charge in [-0.15, -0.1) is 0 Å². The van der Waals surface area contributed by atoms with Crippen molar-refractivity contribution in [2.45, 2.75) is 32.7 Å². The van der Waals surface area contributed by atoms with Gasteiger partial charge >= 0.3 is 0 Å². The van der Waals surface area contributed by atoms with Gasteiger partial charge in [-0.3, -0.25) is 4.79 Å². The lowest BCUT2D eigenvalue weighted by Crippen LogP contribution is -2.22. The van der Waals surface area contributed by atoms with E-state index in [0.717, 1.165) is 28.8 Å². The number of hydrogen-bond donors (Lipinski definition) is 2. The van der Waals surface area contributed by atoms with Crippen molar-refractivity contribution in [3.8, 4) is 0 Å². The Labute approximate surface area is 156 Å². The van der Waals surface area contributed by atoms with E-state index in [4.69, 9.17) is 0 Å². The maximum Gasteiger partial charge on any atom is 0.251 e. The molecule has 0 fully saturated rings. The Bertz CT molecular complexity index is 927. The third-order valence-electron chi connectivity index (χ3n) is 5.06. The summed E-state index contributed by atoms with van der Waals surface area (Å²) in [6, 6.07) is 13.9. The maximum absolute atomic E-state index is 12.3. The van der Waals surface area contributed by atoms with E-state index in [1.165, 1.54) is 28.6 Å². The SMILES string of the molecule is CC1CCc2[nH]c3ccc(CNC(=O)c4ccc(Br)cc4)cc3c2C1. The minimum atomic E-state index is -0.0442. The molecule has 4 rings (SSSR count). The first-order chi connectivity index (χ1) is 12.1. The number of aromatic amines is 1. The van der Waals surface area contributed by atoms with Gasteiger partial charge in [0.1, 0.15) is 0 Å². The van der Waals surface area contributed by atoms with Crippen LogP contribution in [0.15, 0.2) is 46.9 Å². The smallest absolute Gasteiger partial charge is 0.251 e. The number of halogens is 1. The van der Waals surface area contributed by atoms with E-state index in [2.05, 4.69) is 51.4 Å². The maximum atomic E-state index is 12.3. The minimum absolute atomic E-state index is 0.0442. The third kappa shape index (κ3) is 3.36. The molecule has 1 atom stereocenters. The zero-order chi connectivity index (χ0) is 17.4. The quantitative estimate of drug-likeness (QED) is 0.643. The standard InChI is InChI=1S/C21H21BrN2O/c1-13-2-8-19-17(10-13)18-11-14(3-9-20(18)24-19)12-23-21(25)15-4-6-16(22)7-5-15/h3-7,9,11,13,24H,2,8,10,12H2,1H3,(H,23,25). The van der Waals surface area contributed by atoms with Gasteiger partial charge in [0.25, 0.3) is 5.91 Å². The van der Waals surface area contributed by atoms with Crippen molar-refractivity contribution in [1.82, 2.24) is 10.3 Å². The Kier molecular flexibility index (Phi) is 4.38. The van der Waals surface area contributed by atoms with Gasteiger partial charge in [0, 0.05) is 33.2 Å². The van der Waals surface area contributed by atoms with Crippen LogP contribution in [0, 0.1) is 5.92 Å². The Morgan fingerprint density at radius 2 is 2.04 bits per heavy atom. The van der Waals surface area contributed by atoms with Crippen LogP contribution in [-0.2, 0) is 19.4 Å². The average molecular weight is 397 g/mol. The second-order valence-electron chi connectivity index (χ2n) is 7.00. The van der Waals surface area contributed by atoms with Crippen LogP contribution in [0.2, 0.25) is 0 Å². The lowest BCUT2D eigenvalue weighted by molar-refractivity contribution is 0.0951. The summed E-state index contributed by atoms with van der Waals surface area (Å²) >= 11 is 3.39. The molecule has 1 aromatic heterocycles. The molecule has 1 aliphatic carbocycles. The Hall–Kier alpha value is -2.07. The lowest BCUT2D eigenvalue weighted by atomic mass is 9.87. The van der Waals surface area contributed by atoms with Crippen LogP contribution in [0.25, 0.3) is 10.9 Å². The van der Waals surface area contributed by atoms with Crippen molar-refractivity contribution >= 4 is 32.7 Å². The first-order valence-electron chi connectivity index (χ1n) is 8.76. The van der Waals surface area contributed by atoms with Crippen LogP contribution < -0.4 is 5.32 Å². The number of hydrogen-bond acceptors (Lipinski definition) is 1. The molecule has 4 heteroatoms. The normalized spacial score (nSPS) is 16.6. The Morgan fingerprint density at radius 1 is 1.24 bits per heavy atom. The fraction of sp³-hybridized carbons (Fsp3) is 0.286. The predicted molar refractivity (Wildman–Crippen MR) is 105 cm³/mol. The summed E-state index contributed by atoms with van der Waals surface area (Å²) in [6.45, 7) is 2.87. The Morgan fingerprint density at radius 3 is 2.84 bits per heavy atom. The number of rotatable bonds is 3. The molecule has 3 nitrogen and oxygen atoms in total. The summed E-state index contributed by atoms with van der Waals surface area (Å²) in [4.78, 5) is 15.9. The van der Waals surface area contributed by atoms with Crippen molar-refractivity contribution in [3.63, 3.8) is 0 Å². The van der Waals surface area contributed by atoms with Crippen molar-refractivity contribution in [3.05, 3.63) is 69.3 Å². The number of aromatic nitrogens is 1. The van der Waals surface area contributed by atoms with Gasteiger partial charge in [0.05, 0.1) is 0 Å². The van der Waals surface area contributed by atoms with Gasteiger partial charge in [0.2, 0.25) is 0 Å². The van der Waals surface area contributed by atoms with Crippen molar-refractivity contribution < 1.29 is 4.79 Å². The van der Waals surface area contributed by atoms with Crippen molar-refractivity contribution in [2.24, 2.45) is 5.92 Å². The highest BCUT2D eigenvalue weighted by Crippen LogP contribution is 2.32. The van der Waals surface area contributed by atoms with E-state index in [1.54, 1.807) is 0 Å². The zero-order valence-electron chi connectivity index (χ0n) is 14.2. The highest BCUT2D eigenvalue weighted by Gasteiger charge is 2.19. The summed E-state index contributed by atoms with van der Waals surface area (Å²) in [5.74, 6) is 0.699. The summed E-state index contributed by atoms with van der Waals surface area (Å²) < 4.78 is 0.973. The van der Waals surface area contributed by atoms with Crippen LogP contribution in [0.4, 0.5) is 0 Å². The first kappa shape index (κ1) is 16.4. The molecule has 2 aromatic carbocycles. The van der Waals surface area contributed by atoms with Gasteiger partial charge in [-0.25, -0.2) is 0 Å². The van der Waals surface area contributed by atoms with Crippen LogP contribution in [0.3, 0.4) is 0 Å². The average Bonchev–Trinajstić information content (AvgIpc) is 2.97. The molecule has 0 radical (unpaired) electrons. The van der Waals surface area contributed by atoms with Crippen LogP contribution in [0.5, 0.6) is 0 Å².